The van der Waals surface area contributed by atoms with Crippen LogP contribution < -0.4 is 10.5 Å². The molecule has 0 aliphatic heterocycles. The summed E-state index contributed by atoms with van der Waals surface area (Å²) in [5, 5.41) is 0. The second kappa shape index (κ2) is 5.60. The van der Waals surface area contributed by atoms with Crippen LogP contribution in [0.1, 0.15) is 18.1 Å². The van der Waals surface area contributed by atoms with E-state index in [9.17, 15) is 8.78 Å². The van der Waals surface area contributed by atoms with Crippen molar-refractivity contribution in [2.75, 3.05) is 6.61 Å². The largest absolute Gasteiger partial charge is 0.471 e. The van der Waals surface area contributed by atoms with Gasteiger partial charge in [0, 0.05) is 18.3 Å². The maximum Gasteiger partial charge on any atom is 0.272 e. The minimum atomic E-state index is -2.48. The number of hydrogen-bond donors (Lipinski definition) is 1. The Morgan fingerprint density at radius 1 is 1.53 bits per heavy atom. The first kappa shape index (κ1) is 11.8. The highest BCUT2D eigenvalue weighted by Crippen LogP contribution is 2.17. The fraction of sp³-hybridized carbons (Fsp3) is 0.500. The third kappa shape index (κ3) is 3.43. The van der Waals surface area contributed by atoms with Crippen LogP contribution in [-0.2, 0) is 13.0 Å². The summed E-state index contributed by atoms with van der Waals surface area (Å²) >= 11 is 0. The Kier molecular flexibility index (Phi) is 4.42. The molecule has 0 aromatic carbocycles. The summed E-state index contributed by atoms with van der Waals surface area (Å²) in [5.41, 5.74) is 7.12. The molecule has 0 radical (unpaired) electrons. The number of ether oxygens (including phenoxy) is 1. The summed E-state index contributed by atoms with van der Waals surface area (Å²) in [6.07, 6.45) is -0.259. The minimum Gasteiger partial charge on any atom is -0.471 e. The van der Waals surface area contributed by atoms with Gasteiger partial charge in [0.25, 0.3) is 6.43 Å². The molecule has 0 unspecified atom stereocenters. The van der Waals surface area contributed by atoms with Gasteiger partial charge in [0.05, 0.1) is 0 Å². The SMILES string of the molecule is CCc1cc(CN)cnc1OCC(F)F. The molecule has 0 atom stereocenters. The lowest BCUT2D eigenvalue weighted by molar-refractivity contribution is 0.0791. The number of nitrogens with two attached hydrogens (primary N) is 1. The van der Waals surface area contributed by atoms with Crippen molar-refractivity contribution < 1.29 is 13.5 Å². The van der Waals surface area contributed by atoms with Crippen molar-refractivity contribution in [3.05, 3.63) is 23.4 Å². The molecule has 0 saturated heterocycles. The zero-order valence-electron chi connectivity index (χ0n) is 8.54. The lowest BCUT2D eigenvalue weighted by atomic mass is 10.1. The molecule has 2 N–H and O–H groups in total. The van der Waals surface area contributed by atoms with Crippen molar-refractivity contribution in [1.29, 1.82) is 0 Å². The standard InChI is InChI=1S/C10H14F2N2O/c1-2-8-3-7(4-13)5-14-10(8)15-6-9(11)12/h3,5,9H,2,4,6,13H2,1H3. The summed E-state index contributed by atoms with van der Waals surface area (Å²) in [6, 6.07) is 1.83. The van der Waals surface area contributed by atoms with E-state index in [1.54, 1.807) is 6.20 Å². The molecular formula is C10H14F2N2O. The summed E-state index contributed by atoms with van der Waals surface area (Å²) in [7, 11) is 0. The van der Waals surface area contributed by atoms with E-state index in [4.69, 9.17) is 10.5 Å². The van der Waals surface area contributed by atoms with Crippen LogP contribution in [-0.4, -0.2) is 18.0 Å². The molecule has 5 heteroatoms. The highest BCUT2D eigenvalue weighted by Gasteiger charge is 2.08. The molecule has 0 bridgehead atoms. The molecule has 1 aromatic rings. The maximum atomic E-state index is 11.9. The summed E-state index contributed by atoms with van der Waals surface area (Å²) < 4.78 is 28.7. The third-order valence-electron chi connectivity index (χ3n) is 1.94. The van der Waals surface area contributed by atoms with Crippen LogP contribution >= 0.6 is 0 Å². The van der Waals surface area contributed by atoms with Gasteiger partial charge in [-0.15, -0.1) is 0 Å². The zero-order valence-corrected chi connectivity index (χ0v) is 8.54. The van der Waals surface area contributed by atoms with Crippen molar-refractivity contribution in [1.82, 2.24) is 4.98 Å². The molecule has 84 valence electrons. The smallest absolute Gasteiger partial charge is 0.272 e. The van der Waals surface area contributed by atoms with Gasteiger partial charge in [-0.1, -0.05) is 6.92 Å². The van der Waals surface area contributed by atoms with E-state index >= 15 is 0 Å². The third-order valence-corrected chi connectivity index (χ3v) is 1.94. The van der Waals surface area contributed by atoms with Crippen LogP contribution in [0.2, 0.25) is 0 Å². The maximum absolute atomic E-state index is 11.9. The summed E-state index contributed by atoms with van der Waals surface area (Å²) in [6.45, 7) is 1.67. The molecule has 0 spiro atoms. The van der Waals surface area contributed by atoms with Crippen molar-refractivity contribution in [2.45, 2.75) is 26.3 Å². The quantitative estimate of drug-likeness (QED) is 0.815. The highest BCUT2D eigenvalue weighted by molar-refractivity contribution is 5.29. The Hall–Kier alpha value is -1.23. The average Bonchev–Trinajstić information content (AvgIpc) is 2.25. The minimum absolute atomic E-state index is 0.273. The topological polar surface area (TPSA) is 48.1 Å². The second-order valence-corrected chi connectivity index (χ2v) is 3.07. The van der Waals surface area contributed by atoms with Gasteiger partial charge in [-0.2, -0.15) is 0 Å². The Morgan fingerprint density at radius 2 is 2.27 bits per heavy atom. The van der Waals surface area contributed by atoms with E-state index < -0.39 is 13.0 Å². The second-order valence-electron chi connectivity index (χ2n) is 3.07. The molecule has 0 aliphatic rings. The molecule has 3 nitrogen and oxygen atoms in total. The van der Waals surface area contributed by atoms with Crippen molar-refractivity contribution in [3.63, 3.8) is 0 Å². The monoisotopic (exact) mass is 216 g/mol. The van der Waals surface area contributed by atoms with E-state index in [0.29, 0.717) is 13.0 Å². The van der Waals surface area contributed by atoms with Crippen LogP contribution in [0.25, 0.3) is 0 Å². The van der Waals surface area contributed by atoms with Gasteiger partial charge in [0.1, 0.15) is 0 Å². The molecule has 0 fully saturated rings. The van der Waals surface area contributed by atoms with Crippen LogP contribution in [0, 0.1) is 0 Å². The van der Waals surface area contributed by atoms with Gasteiger partial charge in [0.15, 0.2) is 6.61 Å². The molecule has 1 aromatic heterocycles. The first-order valence-electron chi connectivity index (χ1n) is 4.76. The fourth-order valence-corrected chi connectivity index (χ4v) is 1.18. The molecular weight excluding hydrogens is 202 g/mol. The predicted molar refractivity (Wildman–Crippen MR) is 53.0 cm³/mol. The van der Waals surface area contributed by atoms with Gasteiger partial charge in [-0.05, 0) is 18.1 Å². The first-order chi connectivity index (χ1) is 7.17. The average molecular weight is 216 g/mol. The van der Waals surface area contributed by atoms with E-state index in [0.717, 1.165) is 11.1 Å². The van der Waals surface area contributed by atoms with Crippen molar-refractivity contribution in [2.24, 2.45) is 5.73 Å². The van der Waals surface area contributed by atoms with Crippen LogP contribution in [0.4, 0.5) is 8.78 Å². The Bertz CT molecular complexity index is 318. The lowest BCUT2D eigenvalue weighted by Gasteiger charge is -2.09. The Labute approximate surface area is 87.3 Å². The molecule has 15 heavy (non-hydrogen) atoms. The van der Waals surface area contributed by atoms with Crippen LogP contribution in [0.3, 0.4) is 0 Å². The van der Waals surface area contributed by atoms with E-state index in [1.807, 2.05) is 13.0 Å². The van der Waals surface area contributed by atoms with Gasteiger partial charge < -0.3 is 10.5 Å². The van der Waals surface area contributed by atoms with Gasteiger partial charge in [-0.3, -0.25) is 0 Å². The molecule has 1 rings (SSSR count). The number of hydrogen-bond acceptors (Lipinski definition) is 3. The van der Waals surface area contributed by atoms with Crippen molar-refractivity contribution >= 4 is 0 Å². The summed E-state index contributed by atoms with van der Waals surface area (Å²) in [5.74, 6) is 0.273. The number of aryl methyl sites for hydroxylation is 1. The van der Waals surface area contributed by atoms with Gasteiger partial charge >= 0.3 is 0 Å². The van der Waals surface area contributed by atoms with E-state index in [-0.39, 0.29) is 5.88 Å². The Morgan fingerprint density at radius 3 is 2.80 bits per heavy atom. The van der Waals surface area contributed by atoms with E-state index in [1.165, 1.54) is 0 Å². The molecule has 1 heterocycles. The molecule has 0 saturated carbocycles. The van der Waals surface area contributed by atoms with Crippen molar-refractivity contribution in [3.8, 4) is 5.88 Å². The van der Waals surface area contributed by atoms with Crippen LogP contribution in [0.5, 0.6) is 5.88 Å². The normalized spacial score (nSPS) is 10.7. The number of rotatable bonds is 5. The van der Waals surface area contributed by atoms with Gasteiger partial charge in [-0.25, -0.2) is 13.8 Å². The first-order valence-corrected chi connectivity index (χ1v) is 4.76. The summed E-state index contributed by atoms with van der Waals surface area (Å²) in [4.78, 5) is 3.96. The van der Waals surface area contributed by atoms with Gasteiger partial charge in [0.2, 0.25) is 5.88 Å². The number of halogens is 2. The zero-order chi connectivity index (χ0) is 11.3. The number of nitrogens with zero attached hydrogens (tertiary/aromatic N) is 1. The molecule has 0 amide bonds. The van der Waals surface area contributed by atoms with Crippen LogP contribution in [0.15, 0.2) is 12.3 Å². The Balaban J connectivity index is 2.78. The van der Waals surface area contributed by atoms with E-state index in [2.05, 4.69) is 4.98 Å². The predicted octanol–water partition coefficient (Wildman–Crippen LogP) is 1.75. The highest BCUT2D eigenvalue weighted by atomic mass is 19.3. The number of pyridine rings is 1. The lowest BCUT2D eigenvalue weighted by Crippen LogP contribution is -2.10. The fourth-order valence-electron chi connectivity index (χ4n) is 1.18. The number of aromatic nitrogens is 1. The number of alkyl halides is 2. The molecule has 0 aliphatic carbocycles.